The first kappa shape index (κ1) is 12.2. The van der Waals surface area contributed by atoms with Crippen molar-refractivity contribution in [1.29, 1.82) is 0 Å². The second kappa shape index (κ2) is 4.22. The van der Waals surface area contributed by atoms with Gasteiger partial charge in [-0.25, -0.2) is 9.18 Å². The molecule has 2 rings (SSSR count). The molecule has 0 unspecified atom stereocenters. The summed E-state index contributed by atoms with van der Waals surface area (Å²) in [5.41, 5.74) is -0.268. The van der Waals surface area contributed by atoms with Crippen LogP contribution in [-0.4, -0.2) is 25.2 Å². The zero-order valence-corrected chi connectivity index (χ0v) is 9.61. The van der Waals surface area contributed by atoms with E-state index in [9.17, 15) is 17.6 Å². The summed E-state index contributed by atoms with van der Waals surface area (Å²) in [5, 5.41) is 8.77. The van der Waals surface area contributed by atoms with Gasteiger partial charge in [-0.1, -0.05) is 0 Å². The summed E-state index contributed by atoms with van der Waals surface area (Å²) in [4.78, 5) is 10.8. The molecule has 6 nitrogen and oxygen atoms in total. The lowest BCUT2D eigenvalue weighted by Gasteiger charge is -2.12. The van der Waals surface area contributed by atoms with Crippen LogP contribution in [0.5, 0.6) is 0 Å². The average Bonchev–Trinajstić information content (AvgIpc) is 2.27. The Kier molecular flexibility index (Phi) is 2.87. The van der Waals surface area contributed by atoms with Crippen LogP contribution in [0.3, 0.4) is 0 Å². The number of halogens is 1. The normalized spacial score (nSPS) is 17.4. The molecule has 1 heterocycles. The Balaban J connectivity index is 2.51. The third-order valence-corrected chi connectivity index (χ3v) is 3.02. The van der Waals surface area contributed by atoms with Crippen molar-refractivity contribution in [2.45, 2.75) is 0 Å². The second-order valence-electron chi connectivity index (χ2n) is 3.42. The number of carbonyl (C=O) groups is 1. The first-order chi connectivity index (χ1) is 8.37. The van der Waals surface area contributed by atoms with Crippen LogP contribution < -0.4 is 4.72 Å². The van der Waals surface area contributed by atoms with Crippen LogP contribution in [0, 0.1) is 5.82 Å². The van der Waals surface area contributed by atoms with Crippen LogP contribution in [0.2, 0.25) is 0 Å². The number of nitrogens with zero attached hydrogens (tertiary/aromatic N) is 1. The standard InChI is InChI=1S/C10H7FN2O4S/c11-7-3-1-6(2-4-7)8-5-9(10(14)15)13-18(16,17)12-8/h1-5,13H,(H,14,15). The maximum atomic E-state index is 12.7. The number of benzene rings is 1. The molecule has 8 heteroatoms. The van der Waals surface area contributed by atoms with Gasteiger partial charge >= 0.3 is 16.2 Å². The molecule has 94 valence electrons. The van der Waals surface area contributed by atoms with Gasteiger partial charge in [0.25, 0.3) is 0 Å². The van der Waals surface area contributed by atoms with Gasteiger partial charge in [-0.2, -0.15) is 8.42 Å². The molecule has 18 heavy (non-hydrogen) atoms. The van der Waals surface area contributed by atoms with E-state index in [4.69, 9.17) is 5.11 Å². The molecule has 0 saturated carbocycles. The van der Waals surface area contributed by atoms with Crippen molar-refractivity contribution in [3.63, 3.8) is 0 Å². The van der Waals surface area contributed by atoms with Crippen molar-refractivity contribution in [1.82, 2.24) is 4.72 Å². The fourth-order valence-corrected chi connectivity index (χ4v) is 2.23. The lowest BCUT2D eigenvalue weighted by molar-refractivity contribution is -0.132. The van der Waals surface area contributed by atoms with Crippen molar-refractivity contribution in [3.8, 4) is 0 Å². The Morgan fingerprint density at radius 2 is 1.89 bits per heavy atom. The Labute approximate surface area is 102 Å². The molecule has 0 bridgehead atoms. The highest BCUT2D eigenvalue weighted by molar-refractivity contribution is 7.88. The minimum atomic E-state index is -4.09. The van der Waals surface area contributed by atoms with Gasteiger partial charge in [0, 0.05) is 5.56 Å². The zero-order valence-electron chi connectivity index (χ0n) is 8.79. The largest absolute Gasteiger partial charge is 0.477 e. The number of aliphatic carboxylic acids is 1. The molecular formula is C10H7FN2O4S. The van der Waals surface area contributed by atoms with Crippen LogP contribution in [0.1, 0.15) is 5.56 Å². The molecule has 0 radical (unpaired) electrons. The van der Waals surface area contributed by atoms with Gasteiger partial charge in [0.05, 0.1) is 5.71 Å². The van der Waals surface area contributed by atoms with Crippen molar-refractivity contribution in [2.75, 3.05) is 0 Å². The van der Waals surface area contributed by atoms with Gasteiger partial charge in [-0.3, -0.25) is 4.72 Å². The molecule has 0 amide bonds. The van der Waals surface area contributed by atoms with Crippen LogP contribution >= 0.6 is 0 Å². The number of carboxylic acid groups (broad SMARTS) is 1. The molecule has 0 aromatic heterocycles. The monoisotopic (exact) mass is 270 g/mol. The Morgan fingerprint density at radius 3 is 2.44 bits per heavy atom. The summed E-state index contributed by atoms with van der Waals surface area (Å²) < 4.78 is 40.5. The molecule has 0 aliphatic carbocycles. The van der Waals surface area contributed by atoms with Gasteiger partial charge in [-0.05, 0) is 30.3 Å². The first-order valence-corrected chi connectivity index (χ1v) is 6.15. The highest BCUT2D eigenvalue weighted by atomic mass is 32.2. The summed E-state index contributed by atoms with van der Waals surface area (Å²) in [7, 11) is -4.09. The molecule has 2 N–H and O–H groups in total. The molecular weight excluding hydrogens is 263 g/mol. The van der Waals surface area contributed by atoms with E-state index in [0.29, 0.717) is 5.56 Å². The number of hydrogen-bond acceptors (Lipinski definition) is 3. The maximum absolute atomic E-state index is 12.7. The van der Waals surface area contributed by atoms with Gasteiger partial charge in [0.2, 0.25) is 0 Å². The highest BCUT2D eigenvalue weighted by Gasteiger charge is 2.22. The summed E-state index contributed by atoms with van der Waals surface area (Å²) in [6.45, 7) is 0. The lowest BCUT2D eigenvalue weighted by Crippen LogP contribution is -2.30. The Bertz CT molecular complexity index is 662. The van der Waals surface area contributed by atoms with Crippen molar-refractivity contribution in [2.24, 2.45) is 4.40 Å². The predicted octanol–water partition coefficient (Wildman–Crippen LogP) is 0.431. The van der Waals surface area contributed by atoms with Crippen molar-refractivity contribution in [3.05, 3.63) is 47.4 Å². The first-order valence-electron chi connectivity index (χ1n) is 4.71. The fourth-order valence-electron chi connectivity index (χ4n) is 1.35. The van der Waals surface area contributed by atoms with Gasteiger partial charge in [-0.15, -0.1) is 4.40 Å². The fraction of sp³-hybridized carbons (Fsp3) is 0. The number of carboxylic acids is 1. The van der Waals surface area contributed by atoms with Crippen molar-refractivity contribution < 1.29 is 22.7 Å². The van der Waals surface area contributed by atoms with E-state index in [1.165, 1.54) is 12.1 Å². The molecule has 1 aromatic carbocycles. The quantitative estimate of drug-likeness (QED) is 0.814. The van der Waals surface area contributed by atoms with Crippen LogP contribution in [0.4, 0.5) is 4.39 Å². The number of rotatable bonds is 2. The summed E-state index contributed by atoms with van der Waals surface area (Å²) >= 11 is 0. The molecule has 0 spiro atoms. The third kappa shape index (κ3) is 2.54. The number of nitrogens with one attached hydrogen (secondary N) is 1. The number of allylic oxidation sites excluding steroid dienone is 1. The molecule has 1 aliphatic heterocycles. The Morgan fingerprint density at radius 1 is 1.28 bits per heavy atom. The molecule has 1 aromatic rings. The minimum Gasteiger partial charge on any atom is -0.477 e. The van der Waals surface area contributed by atoms with E-state index in [-0.39, 0.29) is 5.71 Å². The summed E-state index contributed by atoms with van der Waals surface area (Å²) in [5.74, 6) is -1.91. The molecule has 1 aliphatic rings. The maximum Gasteiger partial charge on any atom is 0.353 e. The topological polar surface area (TPSA) is 95.8 Å². The van der Waals surface area contributed by atoms with Gasteiger partial charge in [0.1, 0.15) is 11.5 Å². The lowest BCUT2D eigenvalue weighted by atomic mass is 10.1. The van der Waals surface area contributed by atoms with E-state index < -0.39 is 27.7 Å². The van der Waals surface area contributed by atoms with Crippen LogP contribution in [-0.2, 0) is 15.0 Å². The number of hydrogen-bond donors (Lipinski definition) is 2. The third-order valence-electron chi connectivity index (χ3n) is 2.11. The van der Waals surface area contributed by atoms with E-state index in [2.05, 4.69) is 4.40 Å². The Hall–Kier alpha value is -2.22. The highest BCUT2D eigenvalue weighted by Crippen LogP contribution is 2.12. The van der Waals surface area contributed by atoms with Gasteiger partial charge < -0.3 is 5.11 Å². The van der Waals surface area contributed by atoms with Crippen LogP contribution in [0.15, 0.2) is 40.4 Å². The van der Waals surface area contributed by atoms with Crippen LogP contribution in [0.25, 0.3) is 0 Å². The summed E-state index contributed by atoms with van der Waals surface area (Å²) in [6.07, 6.45) is 1.07. The average molecular weight is 270 g/mol. The van der Waals surface area contributed by atoms with E-state index >= 15 is 0 Å². The zero-order chi connectivity index (χ0) is 13.3. The summed E-state index contributed by atoms with van der Waals surface area (Å²) in [6, 6.07) is 4.87. The van der Waals surface area contributed by atoms with Gasteiger partial charge in [0.15, 0.2) is 0 Å². The SMILES string of the molecule is O=C(O)C1=CC(c2ccc(F)cc2)=NS(=O)(=O)N1. The van der Waals surface area contributed by atoms with E-state index in [0.717, 1.165) is 18.2 Å². The van der Waals surface area contributed by atoms with E-state index in [1.54, 1.807) is 4.72 Å². The second-order valence-corrected chi connectivity index (χ2v) is 4.76. The molecule has 0 saturated heterocycles. The minimum absolute atomic E-state index is 0.0637. The van der Waals surface area contributed by atoms with Crippen molar-refractivity contribution >= 4 is 21.9 Å². The predicted molar refractivity (Wildman–Crippen MR) is 60.7 cm³/mol. The smallest absolute Gasteiger partial charge is 0.353 e. The molecule has 0 atom stereocenters. The van der Waals surface area contributed by atoms with E-state index in [1.807, 2.05) is 0 Å². The molecule has 0 fully saturated rings.